The van der Waals surface area contributed by atoms with Gasteiger partial charge >= 0.3 is 0 Å². The van der Waals surface area contributed by atoms with Crippen LogP contribution in [-0.4, -0.2) is 46.5 Å². The Kier molecular flexibility index (Phi) is 3.91. The van der Waals surface area contributed by atoms with Crippen LogP contribution in [0.4, 0.5) is 5.69 Å². The summed E-state index contributed by atoms with van der Waals surface area (Å²) >= 11 is 0. The lowest BCUT2D eigenvalue weighted by atomic mass is 10.3. The lowest BCUT2D eigenvalue weighted by Gasteiger charge is -2.27. The molecule has 8 heteroatoms. The van der Waals surface area contributed by atoms with Crippen molar-refractivity contribution in [2.75, 3.05) is 26.2 Å². The molecular formula is C11H14N4O4. The Balaban J connectivity index is 2.13. The Morgan fingerprint density at radius 3 is 2.68 bits per heavy atom. The van der Waals surface area contributed by atoms with Gasteiger partial charge in [0, 0.05) is 38.3 Å². The molecule has 1 amide bonds. The van der Waals surface area contributed by atoms with Crippen LogP contribution in [0.5, 0.6) is 0 Å². The van der Waals surface area contributed by atoms with Crippen molar-refractivity contribution >= 4 is 11.6 Å². The van der Waals surface area contributed by atoms with Gasteiger partial charge in [0.15, 0.2) is 0 Å². The molecule has 1 N–H and O–H groups in total. The number of nitro groups is 1. The summed E-state index contributed by atoms with van der Waals surface area (Å²) in [5.74, 6) is -0.205. The van der Waals surface area contributed by atoms with E-state index in [1.807, 2.05) is 0 Å². The molecule has 0 aromatic carbocycles. The number of rotatable bonds is 3. The van der Waals surface area contributed by atoms with E-state index in [-0.39, 0.29) is 18.1 Å². The van der Waals surface area contributed by atoms with Gasteiger partial charge in [0.2, 0.25) is 5.91 Å². The summed E-state index contributed by atoms with van der Waals surface area (Å²) in [5.41, 5.74) is -0.623. The maximum absolute atomic E-state index is 12.0. The zero-order valence-corrected chi connectivity index (χ0v) is 10.2. The summed E-state index contributed by atoms with van der Waals surface area (Å²) in [6, 6.07) is 2.23. The smallest absolute Gasteiger partial charge is 0.285 e. The molecule has 0 radical (unpaired) electrons. The first-order chi connectivity index (χ1) is 9.08. The largest absolute Gasteiger partial charge is 0.339 e. The highest BCUT2D eigenvalue weighted by Crippen LogP contribution is 2.06. The maximum Gasteiger partial charge on any atom is 0.285 e. The Labute approximate surface area is 108 Å². The SMILES string of the molecule is O=C(Cn1cc([N+](=O)[O-])ccc1=O)N1CCNCC1. The van der Waals surface area contributed by atoms with Gasteiger partial charge < -0.3 is 10.2 Å². The minimum atomic E-state index is -0.592. The van der Waals surface area contributed by atoms with Gasteiger partial charge in [-0.3, -0.25) is 24.3 Å². The van der Waals surface area contributed by atoms with Crippen LogP contribution in [0.3, 0.4) is 0 Å². The third kappa shape index (κ3) is 3.16. The lowest BCUT2D eigenvalue weighted by molar-refractivity contribution is -0.385. The maximum atomic E-state index is 12.0. The Bertz CT molecular complexity index is 548. The van der Waals surface area contributed by atoms with Crippen molar-refractivity contribution in [2.45, 2.75) is 6.54 Å². The molecule has 0 spiro atoms. The lowest BCUT2D eigenvalue weighted by Crippen LogP contribution is -2.48. The summed E-state index contributed by atoms with van der Waals surface area (Å²) in [4.78, 5) is 35.2. The molecule has 1 saturated heterocycles. The highest BCUT2D eigenvalue weighted by molar-refractivity contribution is 5.76. The van der Waals surface area contributed by atoms with Crippen molar-refractivity contribution in [3.8, 4) is 0 Å². The van der Waals surface area contributed by atoms with E-state index >= 15 is 0 Å². The highest BCUT2D eigenvalue weighted by atomic mass is 16.6. The van der Waals surface area contributed by atoms with Gasteiger partial charge in [0.05, 0.1) is 11.1 Å². The van der Waals surface area contributed by atoms with Crippen LogP contribution in [-0.2, 0) is 11.3 Å². The van der Waals surface area contributed by atoms with E-state index in [1.54, 1.807) is 4.90 Å². The number of carbonyl (C=O) groups excluding carboxylic acids is 1. The molecule has 1 aromatic heterocycles. The molecule has 0 aliphatic carbocycles. The van der Waals surface area contributed by atoms with Crippen molar-refractivity contribution in [2.24, 2.45) is 0 Å². The van der Waals surface area contributed by atoms with Crippen molar-refractivity contribution in [1.29, 1.82) is 0 Å². The summed E-state index contributed by atoms with van der Waals surface area (Å²) in [5, 5.41) is 13.8. The number of aromatic nitrogens is 1. The van der Waals surface area contributed by atoms with Gasteiger partial charge in [-0.05, 0) is 0 Å². The van der Waals surface area contributed by atoms with Gasteiger partial charge in [0.25, 0.3) is 11.2 Å². The molecular weight excluding hydrogens is 252 g/mol. The van der Waals surface area contributed by atoms with Gasteiger partial charge in [-0.2, -0.15) is 0 Å². The van der Waals surface area contributed by atoms with Crippen molar-refractivity contribution < 1.29 is 9.72 Å². The topological polar surface area (TPSA) is 97.5 Å². The number of amides is 1. The van der Waals surface area contributed by atoms with Crippen molar-refractivity contribution in [3.05, 3.63) is 38.8 Å². The molecule has 1 aliphatic rings. The Morgan fingerprint density at radius 2 is 2.05 bits per heavy atom. The molecule has 0 atom stereocenters. The average Bonchev–Trinajstić information content (AvgIpc) is 2.42. The van der Waals surface area contributed by atoms with Crippen LogP contribution in [0.15, 0.2) is 23.1 Å². The number of pyridine rings is 1. The number of piperazine rings is 1. The quantitative estimate of drug-likeness (QED) is 0.570. The number of hydrogen-bond acceptors (Lipinski definition) is 5. The zero-order chi connectivity index (χ0) is 13.8. The molecule has 102 valence electrons. The zero-order valence-electron chi connectivity index (χ0n) is 10.2. The molecule has 2 rings (SSSR count). The van der Waals surface area contributed by atoms with E-state index in [4.69, 9.17) is 0 Å². The molecule has 0 bridgehead atoms. The first-order valence-corrected chi connectivity index (χ1v) is 5.91. The summed E-state index contributed by atoms with van der Waals surface area (Å²) in [7, 11) is 0. The third-order valence-corrected chi connectivity index (χ3v) is 2.95. The molecule has 1 fully saturated rings. The fourth-order valence-electron chi connectivity index (χ4n) is 1.91. The van der Waals surface area contributed by atoms with E-state index in [0.717, 1.165) is 36.0 Å². The fourth-order valence-corrected chi connectivity index (χ4v) is 1.91. The molecule has 0 unspecified atom stereocenters. The monoisotopic (exact) mass is 266 g/mol. The molecule has 0 saturated carbocycles. The Hall–Kier alpha value is -2.22. The fraction of sp³-hybridized carbons (Fsp3) is 0.455. The molecule has 2 heterocycles. The van der Waals surface area contributed by atoms with Gasteiger partial charge in [-0.1, -0.05) is 0 Å². The van der Waals surface area contributed by atoms with Crippen LogP contribution < -0.4 is 10.9 Å². The van der Waals surface area contributed by atoms with Gasteiger partial charge in [-0.25, -0.2) is 0 Å². The molecule has 19 heavy (non-hydrogen) atoms. The number of hydrogen-bond donors (Lipinski definition) is 1. The van der Waals surface area contributed by atoms with E-state index < -0.39 is 10.5 Å². The summed E-state index contributed by atoms with van der Waals surface area (Å²) in [6.07, 6.45) is 1.10. The van der Waals surface area contributed by atoms with Crippen LogP contribution >= 0.6 is 0 Å². The first kappa shape index (κ1) is 13.2. The minimum Gasteiger partial charge on any atom is -0.339 e. The number of nitrogens with one attached hydrogen (secondary N) is 1. The van der Waals surface area contributed by atoms with E-state index in [1.165, 1.54) is 0 Å². The standard InChI is InChI=1S/C11H14N4O4/c16-10-2-1-9(15(18)19)7-14(10)8-11(17)13-5-3-12-4-6-13/h1-2,7,12H,3-6,8H2. The number of nitrogens with zero attached hydrogens (tertiary/aromatic N) is 3. The molecule has 1 aliphatic heterocycles. The van der Waals surface area contributed by atoms with E-state index in [2.05, 4.69) is 5.32 Å². The van der Waals surface area contributed by atoms with Crippen LogP contribution in [0.1, 0.15) is 0 Å². The summed E-state index contributed by atoms with van der Waals surface area (Å²) < 4.78 is 1.07. The third-order valence-electron chi connectivity index (χ3n) is 2.95. The second kappa shape index (κ2) is 5.61. The van der Waals surface area contributed by atoms with E-state index in [9.17, 15) is 19.7 Å². The van der Waals surface area contributed by atoms with Crippen LogP contribution in [0, 0.1) is 10.1 Å². The molecule has 8 nitrogen and oxygen atoms in total. The van der Waals surface area contributed by atoms with Crippen molar-refractivity contribution in [3.63, 3.8) is 0 Å². The minimum absolute atomic E-state index is 0.166. The second-order valence-electron chi connectivity index (χ2n) is 4.24. The predicted octanol–water partition coefficient (Wildman–Crippen LogP) is -0.812. The second-order valence-corrected chi connectivity index (χ2v) is 4.24. The summed E-state index contributed by atoms with van der Waals surface area (Å²) in [6.45, 7) is 2.44. The van der Waals surface area contributed by atoms with E-state index in [0.29, 0.717) is 13.1 Å². The number of carbonyl (C=O) groups is 1. The van der Waals surface area contributed by atoms with Gasteiger partial charge in [0.1, 0.15) is 6.54 Å². The predicted molar refractivity (Wildman–Crippen MR) is 66.8 cm³/mol. The Morgan fingerprint density at radius 1 is 1.37 bits per heavy atom. The van der Waals surface area contributed by atoms with Gasteiger partial charge in [-0.15, -0.1) is 0 Å². The highest BCUT2D eigenvalue weighted by Gasteiger charge is 2.17. The average molecular weight is 266 g/mol. The van der Waals surface area contributed by atoms with Crippen molar-refractivity contribution in [1.82, 2.24) is 14.8 Å². The van der Waals surface area contributed by atoms with Crippen LogP contribution in [0.25, 0.3) is 0 Å². The van der Waals surface area contributed by atoms with Crippen LogP contribution in [0.2, 0.25) is 0 Å². The molecule has 1 aromatic rings. The first-order valence-electron chi connectivity index (χ1n) is 5.91. The normalized spacial score (nSPS) is 15.3.